The molecule has 0 bridgehead atoms. The molecule has 19 heavy (non-hydrogen) atoms. The van der Waals surface area contributed by atoms with Gasteiger partial charge in [0, 0.05) is 18.7 Å². The van der Waals surface area contributed by atoms with E-state index in [4.69, 9.17) is 17.3 Å². The summed E-state index contributed by atoms with van der Waals surface area (Å²) in [5, 5.41) is 0.482. The summed E-state index contributed by atoms with van der Waals surface area (Å²) < 4.78 is 0. The summed E-state index contributed by atoms with van der Waals surface area (Å²) in [4.78, 5) is 14.4. The molecular weight excluding hydrogens is 260 g/mol. The third-order valence-electron chi connectivity index (χ3n) is 2.70. The lowest BCUT2D eigenvalue weighted by Crippen LogP contribution is -2.37. The predicted molar refractivity (Wildman–Crippen MR) is 81.4 cm³/mol. The fourth-order valence-corrected chi connectivity index (χ4v) is 2.10. The van der Waals surface area contributed by atoms with Crippen molar-refractivity contribution in [3.05, 3.63) is 28.8 Å². The molecule has 1 rings (SSSR count). The van der Waals surface area contributed by atoms with E-state index in [1.54, 1.807) is 18.2 Å². The molecule has 0 unspecified atom stereocenters. The molecule has 0 aliphatic rings. The number of rotatable bonds is 5. The first-order valence-corrected chi connectivity index (χ1v) is 7.03. The van der Waals surface area contributed by atoms with Crippen molar-refractivity contribution in [1.82, 2.24) is 4.90 Å². The second kappa shape index (κ2) is 6.80. The SMILES string of the molecule is CC(C)CN(CC(C)C)C(=O)c1ccc(Cl)c(N)c1. The van der Waals surface area contributed by atoms with Crippen molar-refractivity contribution in [2.75, 3.05) is 18.8 Å². The lowest BCUT2D eigenvalue weighted by molar-refractivity contribution is 0.0715. The Kier molecular flexibility index (Phi) is 5.67. The molecule has 0 aliphatic heterocycles. The summed E-state index contributed by atoms with van der Waals surface area (Å²) in [7, 11) is 0. The second-order valence-electron chi connectivity index (χ2n) is 5.73. The van der Waals surface area contributed by atoms with Crippen molar-refractivity contribution in [1.29, 1.82) is 0 Å². The second-order valence-corrected chi connectivity index (χ2v) is 6.14. The Bertz CT molecular complexity index is 434. The Morgan fingerprint density at radius 3 is 2.16 bits per heavy atom. The minimum Gasteiger partial charge on any atom is -0.398 e. The van der Waals surface area contributed by atoms with Gasteiger partial charge in [0.25, 0.3) is 5.91 Å². The summed E-state index contributed by atoms with van der Waals surface area (Å²) in [6, 6.07) is 5.06. The molecule has 106 valence electrons. The van der Waals surface area contributed by atoms with Crippen LogP contribution >= 0.6 is 11.6 Å². The maximum Gasteiger partial charge on any atom is 0.253 e. The summed E-state index contributed by atoms with van der Waals surface area (Å²) in [6.07, 6.45) is 0. The van der Waals surface area contributed by atoms with Gasteiger partial charge in [-0.15, -0.1) is 0 Å². The molecule has 0 radical (unpaired) electrons. The van der Waals surface area contributed by atoms with Gasteiger partial charge in [-0.1, -0.05) is 39.3 Å². The molecule has 1 amide bonds. The van der Waals surface area contributed by atoms with Gasteiger partial charge >= 0.3 is 0 Å². The van der Waals surface area contributed by atoms with E-state index in [0.29, 0.717) is 28.1 Å². The van der Waals surface area contributed by atoms with Gasteiger partial charge in [-0.2, -0.15) is 0 Å². The Morgan fingerprint density at radius 2 is 1.74 bits per heavy atom. The van der Waals surface area contributed by atoms with Crippen LogP contribution < -0.4 is 5.73 Å². The van der Waals surface area contributed by atoms with Crippen LogP contribution in [0.5, 0.6) is 0 Å². The number of carbonyl (C=O) groups excluding carboxylic acids is 1. The van der Waals surface area contributed by atoms with E-state index in [1.807, 2.05) is 4.90 Å². The molecule has 0 saturated heterocycles. The highest BCUT2D eigenvalue weighted by Gasteiger charge is 2.18. The van der Waals surface area contributed by atoms with Gasteiger partial charge in [0.05, 0.1) is 10.7 Å². The highest BCUT2D eigenvalue weighted by molar-refractivity contribution is 6.33. The molecular formula is C15H23ClN2O. The number of nitrogen functional groups attached to an aromatic ring is 1. The lowest BCUT2D eigenvalue weighted by atomic mass is 10.1. The largest absolute Gasteiger partial charge is 0.398 e. The number of hydrogen-bond donors (Lipinski definition) is 1. The maximum atomic E-state index is 12.5. The molecule has 2 N–H and O–H groups in total. The molecule has 0 atom stereocenters. The summed E-state index contributed by atoms with van der Waals surface area (Å²) >= 11 is 5.88. The number of halogens is 1. The van der Waals surface area contributed by atoms with E-state index in [9.17, 15) is 4.79 Å². The molecule has 0 aromatic heterocycles. The third kappa shape index (κ3) is 4.75. The van der Waals surface area contributed by atoms with E-state index in [0.717, 1.165) is 13.1 Å². The molecule has 3 nitrogen and oxygen atoms in total. The van der Waals surface area contributed by atoms with Gasteiger partial charge in [-0.25, -0.2) is 0 Å². The number of hydrogen-bond acceptors (Lipinski definition) is 2. The zero-order valence-electron chi connectivity index (χ0n) is 12.1. The monoisotopic (exact) mass is 282 g/mol. The first-order valence-electron chi connectivity index (χ1n) is 6.65. The molecule has 4 heteroatoms. The molecule has 0 saturated carbocycles. The molecule has 0 fully saturated rings. The summed E-state index contributed by atoms with van der Waals surface area (Å²) in [5.74, 6) is 0.894. The average Bonchev–Trinajstić information content (AvgIpc) is 2.29. The van der Waals surface area contributed by atoms with Crippen LogP contribution in [0.4, 0.5) is 5.69 Å². The molecule has 0 aliphatic carbocycles. The fourth-order valence-electron chi connectivity index (χ4n) is 1.98. The van der Waals surface area contributed by atoms with Gasteiger partial charge in [0.15, 0.2) is 0 Å². The Balaban J connectivity index is 2.94. The van der Waals surface area contributed by atoms with E-state index >= 15 is 0 Å². The van der Waals surface area contributed by atoms with Crippen LogP contribution in [0, 0.1) is 11.8 Å². The van der Waals surface area contributed by atoms with Gasteiger partial charge in [0.1, 0.15) is 0 Å². The van der Waals surface area contributed by atoms with Gasteiger partial charge in [-0.3, -0.25) is 4.79 Å². The first-order chi connectivity index (χ1) is 8.81. The highest BCUT2D eigenvalue weighted by Crippen LogP contribution is 2.21. The van der Waals surface area contributed by atoms with Gasteiger partial charge in [-0.05, 0) is 30.0 Å². The summed E-state index contributed by atoms with van der Waals surface area (Å²) in [5.41, 5.74) is 6.80. The van der Waals surface area contributed by atoms with Crippen LogP contribution in [0.3, 0.4) is 0 Å². The number of carbonyl (C=O) groups is 1. The van der Waals surface area contributed by atoms with E-state index in [1.165, 1.54) is 0 Å². The quantitative estimate of drug-likeness (QED) is 0.838. The van der Waals surface area contributed by atoms with E-state index < -0.39 is 0 Å². The average molecular weight is 283 g/mol. The summed E-state index contributed by atoms with van der Waals surface area (Å²) in [6.45, 7) is 9.93. The predicted octanol–water partition coefficient (Wildman–Crippen LogP) is 3.68. The van der Waals surface area contributed by atoms with Crippen molar-refractivity contribution in [2.24, 2.45) is 11.8 Å². The normalized spacial score (nSPS) is 11.1. The number of anilines is 1. The number of benzene rings is 1. The van der Waals surface area contributed by atoms with E-state index in [2.05, 4.69) is 27.7 Å². The molecule has 1 aromatic rings. The van der Waals surface area contributed by atoms with Crippen molar-refractivity contribution in [2.45, 2.75) is 27.7 Å². The van der Waals surface area contributed by atoms with Crippen LogP contribution in [0.1, 0.15) is 38.1 Å². The van der Waals surface area contributed by atoms with Crippen LogP contribution in [0.25, 0.3) is 0 Å². The Labute approximate surface area is 120 Å². The maximum absolute atomic E-state index is 12.5. The zero-order valence-corrected chi connectivity index (χ0v) is 12.9. The van der Waals surface area contributed by atoms with Crippen molar-refractivity contribution < 1.29 is 4.79 Å². The van der Waals surface area contributed by atoms with Crippen LogP contribution in [0.15, 0.2) is 18.2 Å². The minimum atomic E-state index is 0.0192. The molecule has 0 spiro atoms. The number of amides is 1. The van der Waals surface area contributed by atoms with Crippen LogP contribution in [-0.2, 0) is 0 Å². The Morgan fingerprint density at radius 1 is 1.21 bits per heavy atom. The number of nitrogens with zero attached hydrogens (tertiary/aromatic N) is 1. The Hall–Kier alpha value is -1.22. The minimum absolute atomic E-state index is 0.0192. The molecule has 1 aromatic carbocycles. The van der Waals surface area contributed by atoms with Crippen molar-refractivity contribution in [3.8, 4) is 0 Å². The topological polar surface area (TPSA) is 46.3 Å². The zero-order chi connectivity index (χ0) is 14.6. The smallest absolute Gasteiger partial charge is 0.253 e. The number of nitrogens with two attached hydrogens (primary N) is 1. The first kappa shape index (κ1) is 15.8. The van der Waals surface area contributed by atoms with Crippen LogP contribution in [0.2, 0.25) is 5.02 Å². The standard InChI is InChI=1S/C15H23ClN2O/c1-10(2)8-18(9-11(3)4)15(19)12-5-6-13(16)14(17)7-12/h5-7,10-11H,8-9,17H2,1-4H3. The highest BCUT2D eigenvalue weighted by atomic mass is 35.5. The van der Waals surface area contributed by atoms with Crippen molar-refractivity contribution in [3.63, 3.8) is 0 Å². The lowest BCUT2D eigenvalue weighted by Gasteiger charge is -2.26. The van der Waals surface area contributed by atoms with Gasteiger partial charge < -0.3 is 10.6 Å². The van der Waals surface area contributed by atoms with Crippen LogP contribution in [-0.4, -0.2) is 23.9 Å². The third-order valence-corrected chi connectivity index (χ3v) is 3.05. The fraction of sp³-hybridized carbons (Fsp3) is 0.533. The van der Waals surface area contributed by atoms with Crippen molar-refractivity contribution >= 4 is 23.2 Å². The van der Waals surface area contributed by atoms with E-state index in [-0.39, 0.29) is 5.91 Å². The molecule has 0 heterocycles. The van der Waals surface area contributed by atoms with Gasteiger partial charge in [0.2, 0.25) is 0 Å².